The zero-order valence-electron chi connectivity index (χ0n) is 8.47. The van der Waals surface area contributed by atoms with E-state index in [4.69, 9.17) is 0 Å². The topological polar surface area (TPSA) is 67.2 Å². The van der Waals surface area contributed by atoms with Gasteiger partial charge in [-0.05, 0) is 6.42 Å². The molecule has 0 fully saturated rings. The first-order chi connectivity index (χ1) is 7.31. The van der Waals surface area contributed by atoms with Gasteiger partial charge in [0.25, 0.3) is 0 Å². The Morgan fingerprint density at radius 1 is 1.47 bits per heavy atom. The van der Waals surface area contributed by atoms with Crippen LogP contribution in [0.2, 0.25) is 0 Å². The number of amides is 1. The third-order valence-corrected chi connectivity index (χ3v) is 2.20. The number of aliphatic imine (C=N–C) groups is 1. The summed E-state index contributed by atoms with van der Waals surface area (Å²) in [5, 5.41) is 2.71. The minimum absolute atomic E-state index is 0.0440. The van der Waals surface area contributed by atoms with Gasteiger partial charge in [-0.15, -0.1) is 0 Å². The van der Waals surface area contributed by atoms with Crippen molar-refractivity contribution in [1.29, 1.82) is 0 Å². The predicted octanol–water partition coefficient (Wildman–Crippen LogP) is 0.522. The number of nitrogens with one attached hydrogen (secondary N) is 1. The Morgan fingerprint density at radius 3 is 3.00 bits per heavy atom. The van der Waals surface area contributed by atoms with E-state index in [-0.39, 0.29) is 11.9 Å². The number of aromatic nitrogens is 2. The van der Waals surface area contributed by atoms with E-state index in [1.165, 1.54) is 0 Å². The van der Waals surface area contributed by atoms with Crippen molar-refractivity contribution >= 4 is 11.7 Å². The Morgan fingerprint density at radius 2 is 2.33 bits per heavy atom. The Bertz CT molecular complexity index is 388. The molecular weight excluding hydrogens is 192 g/mol. The van der Waals surface area contributed by atoms with Gasteiger partial charge in [0.05, 0.1) is 6.20 Å². The number of rotatable bonds is 3. The molecule has 0 bridgehead atoms. The summed E-state index contributed by atoms with van der Waals surface area (Å²) in [4.78, 5) is 23.8. The third kappa shape index (κ3) is 2.01. The van der Waals surface area contributed by atoms with Gasteiger partial charge in [0, 0.05) is 12.4 Å². The molecule has 1 unspecified atom stereocenters. The van der Waals surface area contributed by atoms with E-state index in [1.807, 2.05) is 6.92 Å². The summed E-state index contributed by atoms with van der Waals surface area (Å²) in [7, 11) is 0. The summed E-state index contributed by atoms with van der Waals surface area (Å²) in [6.45, 7) is 2.03. The molecule has 1 amide bonds. The van der Waals surface area contributed by atoms with Crippen molar-refractivity contribution in [2.24, 2.45) is 4.99 Å². The normalized spacial score (nSPS) is 19.9. The van der Waals surface area contributed by atoms with Crippen LogP contribution in [0.3, 0.4) is 0 Å². The van der Waals surface area contributed by atoms with E-state index in [0.717, 1.165) is 12.8 Å². The van der Waals surface area contributed by atoms with Crippen LogP contribution in [0, 0.1) is 0 Å². The van der Waals surface area contributed by atoms with Gasteiger partial charge in [0.1, 0.15) is 11.7 Å². The number of carbonyl (C=O) groups excluding carboxylic acids is 1. The lowest BCUT2D eigenvalue weighted by molar-refractivity contribution is -0.120. The van der Waals surface area contributed by atoms with Crippen LogP contribution < -0.4 is 5.32 Å². The van der Waals surface area contributed by atoms with Gasteiger partial charge < -0.3 is 5.32 Å². The second-order valence-corrected chi connectivity index (χ2v) is 3.36. The van der Waals surface area contributed by atoms with Crippen LogP contribution in [-0.2, 0) is 4.79 Å². The Labute approximate surface area is 87.7 Å². The third-order valence-electron chi connectivity index (χ3n) is 2.20. The Balaban J connectivity index is 2.19. The van der Waals surface area contributed by atoms with E-state index in [1.54, 1.807) is 18.6 Å². The largest absolute Gasteiger partial charge is 0.307 e. The molecule has 0 radical (unpaired) electrons. The second-order valence-electron chi connectivity index (χ2n) is 3.36. The van der Waals surface area contributed by atoms with Crippen molar-refractivity contribution in [1.82, 2.24) is 15.3 Å². The summed E-state index contributed by atoms with van der Waals surface area (Å²) in [6, 6.07) is -0.257. The zero-order chi connectivity index (χ0) is 10.7. The van der Waals surface area contributed by atoms with Gasteiger partial charge >= 0.3 is 0 Å². The SMILES string of the molecule is CCCC1N=C(c2cnccn2)NC1=O. The molecule has 5 nitrogen and oxygen atoms in total. The zero-order valence-corrected chi connectivity index (χ0v) is 8.47. The van der Waals surface area contributed by atoms with Gasteiger partial charge in [-0.25, -0.2) is 4.98 Å². The fraction of sp³-hybridized carbons (Fsp3) is 0.400. The molecule has 2 rings (SSSR count). The van der Waals surface area contributed by atoms with Crippen LogP contribution in [0.5, 0.6) is 0 Å². The molecule has 0 aromatic carbocycles. The molecule has 1 N–H and O–H groups in total. The van der Waals surface area contributed by atoms with Crippen molar-refractivity contribution in [3.05, 3.63) is 24.3 Å². The van der Waals surface area contributed by atoms with Crippen LogP contribution in [0.1, 0.15) is 25.5 Å². The number of carbonyl (C=O) groups is 1. The first kappa shape index (κ1) is 9.76. The highest BCUT2D eigenvalue weighted by Gasteiger charge is 2.26. The molecule has 78 valence electrons. The van der Waals surface area contributed by atoms with Crippen LogP contribution in [-0.4, -0.2) is 27.8 Å². The lowest BCUT2D eigenvalue weighted by Crippen LogP contribution is -2.29. The summed E-state index contributed by atoms with van der Waals surface area (Å²) in [5.74, 6) is 0.490. The quantitative estimate of drug-likeness (QED) is 0.780. The van der Waals surface area contributed by atoms with Crippen LogP contribution >= 0.6 is 0 Å². The minimum Gasteiger partial charge on any atom is -0.307 e. The molecule has 1 atom stereocenters. The molecule has 15 heavy (non-hydrogen) atoms. The predicted molar refractivity (Wildman–Crippen MR) is 55.4 cm³/mol. The molecule has 0 aliphatic carbocycles. The highest BCUT2D eigenvalue weighted by Crippen LogP contribution is 2.10. The highest BCUT2D eigenvalue weighted by molar-refractivity contribution is 6.12. The van der Waals surface area contributed by atoms with Crippen LogP contribution in [0.4, 0.5) is 0 Å². The van der Waals surface area contributed by atoms with Crippen molar-refractivity contribution in [2.75, 3.05) is 0 Å². The molecule has 0 saturated carbocycles. The monoisotopic (exact) mass is 204 g/mol. The van der Waals surface area contributed by atoms with Crippen LogP contribution in [0.25, 0.3) is 0 Å². The van der Waals surface area contributed by atoms with Gasteiger partial charge in [0.2, 0.25) is 5.91 Å². The lowest BCUT2D eigenvalue weighted by atomic mass is 10.2. The number of amidine groups is 1. The lowest BCUT2D eigenvalue weighted by Gasteiger charge is -1.99. The van der Waals surface area contributed by atoms with Crippen LogP contribution in [0.15, 0.2) is 23.6 Å². The molecule has 5 heteroatoms. The van der Waals surface area contributed by atoms with Gasteiger partial charge in [-0.3, -0.25) is 14.8 Å². The molecule has 1 aromatic rings. The van der Waals surface area contributed by atoms with Crippen molar-refractivity contribution in [3.63, 3.8) is 0 Å². The van der Waals surface area contributed by atoms with E-state index in [9.17, 15) is 4.79 Å². The summed E-state index contributed by atoms with van der Waals surface area (Å²) in [6.07, 6.45) is 6.47. The average Bonchev–Trinajstić information content (AvgIpc) is 2.63. The van der Waals surface area contributed by atoms with E-state index in [2.05, 4.69) is 20.3 Å². The summed E-state index contributed by atoms with van der Waals surface area (Å²) < 4.78 is 0. The fourth-order valence-corrected chi connectivity index (χ4v) is 1.47. The molecule has 1 aromatic heterocycles. The van der Waals surface area contributed by atoms with E-state index >= 15 is 0 Å². The van der Waals surface area contributed by atoms with Gasteiger partial charge in [0.15, 0.2) is 5.84 Å². The maximum absolute atomic E-state index is 11.5. The summed E-state index contributed by atoms with van der Waals surface area (Å²) in [5.41, 5.74) is 0.615. The Hall–Kier alpha value is -1.78. The van der Waals surface area contributed by atoms with Crippen molar-refractivity contribution < 1.29 is 4.79 Å². The first-order valence-electron chi connectivity index (χ1n) is 4.96. The van der Waals surface area contributed by atoms with Gasteiger partial charge in [-0.1, -0.05) is 13.3 Å². The molecular formula is C10H12N4O. The van der Waals surface area contributed by atoms with E-state index < -0.39 is 0 Å². The standard InChI is InChI=1S/C10H12N4O/c1-2-3-7-10(15)14-9(13-7)8-6-11-4-5-12-8/h4-7H,2-3H2,1H3,(H,13,14,15). The highest BCUT2D eigenvalue weighted by atomic mass is 16.2. The molecule has 2 heterocycles. The average molecular weight is 204 g/mol. The number of hydrogen-bond donors (Lipinski definition) is 1. The molecule has 0 saturated heterocycles. The fourth-order valence-electron chi connectivity index (χ4n) is 1.47. The number of nitrogens with zero attached hydrogens (tertiary/aromatic N) is 3. The molecule has 0 spiro atoms. The maximum Gasteiger partial charge on any atom is 0.250 e. The molecule has 1 aliphatic rings. The van der Waals surface area contributed by atoms with Crippen molar-refractivity contribution in [3.8, 4) is 0 Å². The Kier molecular flexibility index (Phi) is 2.71. The van der Waals surface area contributed by atoms with E-state index in [0.29, 0.717) is 11.5 Å². The van der Waals surface area contributed by atoms with Crippen molar-refractivity contribution in [2.45, 2.75) is 25.8 Å². The molecule has 1 aliphatic heterocycles. The first-order valence-corrected chi connectivity index (χ1v) is 4.96. The maximum atomic E-state index is 11.5. The van der Waals surface area contributed by atoms with Gasteiger partial charge in [-0.2, -0.15) is 0 Å². The second kappa shape index (κ2) is 4.16. The summed E-state index contributed by atoms with van der Waals surface area (Å²) >= 11 is 0. The minimum atomic E-state index is -0.257. The number of hydrogen-bond acceptors (Lipinski definition) is 4. The smallest absolute Gasteiger partial charge is 0.250 e.